The lowest BCUT2D eigenvalue weighted by Crippen LogP contribution is -2.58. The zero-order chi connectivity index (χ0) is 17.3. The summed E-state index contributed by atoms with van der Waals surface area (Å²) in [6.07, 6.45) is 3.44. The van der Waals surface area contributed by atoms with Crippen LogP contribution in [0.1, 0.15) is 19.4 Å². The first kappa shape index (κ1) is 16.7. The molecule has 10 heteroatoms. The van der Waals surface area contributed by atoms with E-state index in [0.29, 0.717) is 6.42 Å². The van der Waals surface area contributed by atoms with Crippen LogP contribution in [0.25, 0.3) is 0 Å². The number of allylic oxidation sites excluding steroid dienone is 1. The second-order valence-electron chi connectivity index (χ2n) is 5.51. The molecule has 0 aliphatic carbocycles. The van der Waals surface area contributed by atoms with E-state index in [4.69, 9.17) is 4.74 Å². The minimum Gasteiger partial charge on any atom is -0.457 e. The number of fused-ring (bicyclic) bond motifs is 1. The molecule has 1 fully saturated rings. The lowest BCUT2D eigenvalue weighted by atomic mass is 9.98. The molecule has 3 rings (SSSR count). The summed E-state index contributed by atoms with van der Waals surface area (Å²) < 4.78 is 6.70. The van der Waals surface area contributed by atoms with Crippen molar-refractivity contribution in [3.05, 3.63) is 29.6 Å². The van der Waals surface area contributed by atoms with Crippen molar-refractivity contribution in [3.8, 4) is 0 Å². The molecule has 128 valence electrons. The smallest absolute Gasteiger partial charge is 0.356 e. The van der Waals surface area contributed by atoms with E-state index in [2.05, 4.69) is 22.1 Å². The molecule has 2 aliphatic heterocycles. The fourth-order valence-corrected chi connectivity index (χ4v) is 4.30. The number of hydrogen-bond donors (Lipinski definition) is 1. The van der Waals surface area contributed by atoms with Gasteiger partial charge in [0, 0.05) is 11.3 Å². The first-order chi connectivity index (χ1) is 11.6. The molecule has 0 aromatic carbocycles. The third-order valence-electron chi connectivity index (χ3n) is 3.94. The number of aromatic nitrogens is 4. The van der Waals surface area contributed by atoms with Crippen LogP contribution in [0, 0.1) is 5.92 Å². The lowest BCUT2D eigenvalue weighted by molar-refractivity contribution is -0.155. The van der Waals surface area contributed by atoms with E-state index in [1.807, 2.05) is 6.92 Å². The molecule has 3 atom stereocenters. The van der Waals surface area contributed by atoms with E-state index in [-0.39, 0.29) is 36.2 Å². The molecule has 0 saturated carbocycles. The average Bonchev–Trinajstić information content (AvgIpc) is 3.20. The van der Waals surface area contributed by atoms with Gasteiger partial charge in [-0.15, -0.1) is 16.9 Å². The fourth-order valence-electron chi connectivity index (χ4n) is 2.69. The number of esters is 1. The molecule has 2 aliphatic rings. The van der Waals surface area contributed by atoms with Crippen molar-refractivity contribution >= 4 is 23.6 Å². The molecule has 0 spiro atoms. The van der Waals surface area contributed by atoms with Crippen LogP contribution in [0.4, 0.5) is 0 Å². The summed E-state index contributed by atoms with van der Waals surface area (Å²) in [7, 11) is 0. The predicted molar refractivity (Wildman–Crippen MR) is 84.1 cm³/mol. The second-order valence-corrected chi connectivity index (χ2v) is 6.72. The number of hydrogen-bond acceptors (Lipinski definition) is 8. The monoisotopic (exact) mass is 351 g/mol. The number of aliphatic hydroxyl groups is 1. The van der Waals surface area contributed by atoms with E-state index < -0.39 is 11.9 Å². The van der Waals surface area contributed by atoms with Gasteiger partial charge in [-0.05, 0) is 17.4 Å². The van der Waals surface area contributed by atoms with Crippen molar-refractivity contribution in [2.75, 3.05) is 13.2 Å². The summed E-state index contributed by atoms with van der Waals surface area (Å²) in [6, 6.07) is -0.0916. The van der Waals surface area contributed by atoms with Gasteiger partial charge in [0.2, 0.25) is 5.91 Å². The van der Waals surface area contributed by atoms with E-state index >= 15 is 0 Å². The highest BCUT2D eigenvalue weighted by Gasteiger charge is 2.55. The highest BCUT2D eigenvalue weighted by Crippen LogP contribution is 2.51. The largest absolute Gasteiger partial charge is 0.457 e. The minimum atomic E-state index is -0.562. The Kier molecular flexibility index (Phi) is 4.67. The quantitative estimate of drug-likeness (QED) is 0.418. The standard InChI is InChI=1S/C14H17N5O4S/c1-3-4-23-14(22)11-10(5-8(2)18-7-15-16-17-18)24-13-9(6-20)12(21)19(11)13/h3,7-9,13,20H,1,4-6H2,2H3/t8?,9-,13+/m0/s1. The Bertz CT molecular complexity index is 689. The van der Waals surface area contributed by atoms with Crippen LogP contribution in [-0.2, 0) is 14.3 Å². The number of β-lactam (4-membered cyclic amide) rings is 1. The summed E-state index contributed by atoms with van der Waals surface area (Å²) in [5.74, 6) is -1.31. The van der Waals surface area contributed by atoms with Crippen molar-refractivity contribution in [1.82, 2.24) is 25.1 Å². The molecule has 1 N–H and O–H groups in total. The van der Waals surface area contributed by atoms with Gasteiger partial charge in [0.15, 0.2) is 0 Å². The maximum Gasteiger partial charge on any atom is 0.356 e. The highest BCUT2D eigenvalue weighted by atomic mass is 32.2. The minimum absolute atomic E-state index is 0.0684. The lowest BCUT2D eigenvalue weighted by Gasteiger charge is -2.41. The van der Waals surface area contributed by atoms with Gasteiger partial charge in [-0.1, -0.05) is 12.7 Å². The summed E-state index contributed by atoms with van der Waals surface area (Å²) in [5.41, 5.74) is 0.251. The molecular formula is C14H17N5O4S. The van der Waals surface area contributed by atoms with Gasteiger partial charge in [0.1, 0.15) is 24.0 Å². The van der Waals surface area contributed by atoms with E-state index in [1.54, 1.807) is 4.68 Å². The van der Waals surface area contributed by atoms with Crippen LogP contribution in [0.5, 0.6) is 0 Å². The van der Waals surface area contributed by atoms with E-state index in [9.17, 15) is 14.7 Å². The van der Waals surface area contributed by atoms with Crippen LogP contribution in [0.15, 0.2) is 29.6 Å². The van der Waals surface area contributed by atoms with Crippen LogP contribution >= 0.6 is 11.8 Å². The maximum atomic E-state index is 12.4. The normalized spacial score (nSPS) is 23.8. The number of amides is 1. The first-order valence-electron chi connectivity index (χ1n) is 7.42. The first-order valence-corrected chi connectivity index (χ1v) is 8.30. The van der Waals surface area contributed by atoms with E-state index in [1.165, 1.54) is 29.1 Å². The van der Waals surface area contributed by atoms with Gasteiger partial charge >= 0.3 is 5.97 Å². The number of carbonyl (C=O) groups is 2. The fraction of sp³-hybridized carbons (Fsp3) is 0.500. The summed E-state index contributed by atoms with van der Waals surface area (Å²) >= 11 is 1.41. The van der Waals surface area contributed by atoms with Crippen molar-refractivity contribution in [2.45, 2.75) is 24.8 Å². The SMILES string of the molecule is C=CCOC(=O)C1=C(CC(C)n2cnnn2)S[C@@H]2[C@@H](CO)C(=O)N12. The number of nitrogens with zero attached hydrogens (tertiary/aromatic N) is 5. The maximum absolute atomic E-state index is 12.4. The number of tetrazole rings is 1. The molecule has 1 aromatic heterocycles. The molecule has 1 aromatic rings. The Hall–Kier alpha value is -2.20. The topological polar surface area (TPSA) is 110 Å². The van der Waals surface area contributed by atoms with Crippen molar-refractivity contribution < 1.29 is 19.4 Å². The molecule has 1 saturated heterocycles. The third-order valence-corrected chi connectivity index (χ3v) is 5.37. The number of aliphatic hydroxyl groups excluding tert-OH is 1. The van der Waals surface area contributed by atoms with Crippen LogP contribution < -0.4 is 0 Å². The predicted octanol–water partition coefficient (Wildman–Crippen LogP) is 0.0886. The van der Waals surface area contributed by atoms with Gasteiger partial charge in [-0.25, -0.2) is 9.48 Å². The molecule has 0 radical (unpaired) electrons. The molecule has 3 heterocycles. The van der Waals surface area contributed by atoms with Gasteiger partial charge in [-0.2, -0.15) is 0 Å². The van der Waals surface area contributed by atoms with Crippen molar-refractivity contribution in [2.24, 2.45) is 5.92 Å². The summed E-state index contributed by atoms with van der Waals surface area (Å²) in [5, 5.41) is 20.1. The number of thioether (sulfide) groups is 1. The molecule has 0 bridgehead atoms. The Morgan fingerprint density at radius 3 is 3.04 bits per heavy atom. The number of carbonyl (C=O) groups excluding carboxylic acids is 2. The Morgan fingerprint density at radius 1 is 1.62 bits per heavy atom. The molecular weight excluding hydrogens is 334 g/mol. The molecule has 1 unspecified atom stereocenters. The van der Waals surface area contributed by atoms with Gasteiger partial charge in [0.05, 0.1) is 18.6 Å². The van der Waals surface area contributed by atoms with Gasteiger partial charge in [0.25, 0.3) is 0 Å². The number of rotatable bonds is 7. The van der Waals surface area contributed by atoms with Crippen LogP contribution in [0.2, 0.25) is 0 Å². The highest BCUT2D eigenvalue weighted by molar-refractivity contribution is 8.04. The molecule has 24 heavy (non-hydrogen) atoms. The summed E-state index contributed by atoms with van der Waals surface area (Å²) in [6.45, 7) is 5.26. The van der Waals surface area contributed by atoms with Gasteiger partial charge < -0.3 is 9.84 Å². The van der Waals surface area contributed by atoms with Crippen LogP contribution in [0.3, 0.4) is 0 Å². The Balaban J connectivity index is 1.84. The third kappa shape index (κ3) is 2.71. The van der Waals surface area contributed by atoms with E-state index in [0.717, 1.165) is 4.91 Å². The second kappa shape index (κ2) is 6.73. The molecule has 1 amide bonds. The Morgan fingerprint density at radius 2 is 2.42 bits per heavy atom. The zero-order valence-electron chi connectivity index (χ0n) is 13.0. The summed E-state index contributed by atoms with van der Waals surface area (Å²) in [4.78, 5) is 26.7. The Labute approximate surface area is 142 Å². The number of ether oxygens (including phenoxy) is 1. The zero-order valence-corrected chi connectivity index (χ0v) is 13.8. The van der Waals surface area contributed by atoms with Crippen molar-refractivity contribution in [1.29, 1.82) is 0 Å². The molecule has 9 nitrogen and oxygen atoms in total. The average molecular weight is 351 g/mol. The van der Waals surface area contributed by atoms with Crippen LogP contribution in [-0.4, -0.2) is 60.7 Å². The van der Waals surface area contributed by atoms with Gasteiger partial charge in [-0.3, -0.25) is 9.69 Å². The van der Waals surface area contributed by atoms with Crippen molar-refractivity contribution in [3.63, 3.8) is 0 Å².